The molecule has 0 saturated heterocycles. The van der Waals surface area contributed by atoms with Crippen molar-refractivity contribution in [3.8, 4) is 0 Å². The Labute approximate surface area is 124 Å². The van der Waals surface area contributed by atoms with Crippen molar-refractivity contribution >= 4 is 33.1 Å². The van der Waals surface area contributed by atoms with Gasteiger partial charge in [0, 0.05) is 12.1 Å². The smallest absolute Gasteiger partial charge is 0.269 e. The SMILES string of the molecule is CC(Nc1ncnc2sccc12)c1cccc([N+](=O)[O-])c1. The normalized spacial score (nSPS) is 12.2. The van der Waals surface area contributed by atoms with Gasteiger partial charge >= 0.3 is 0 Å². The number of benzene rings is 1. The molecule has 0 spiro atoms. The lowest BCUT2D eigenvalue weighted by atomic mass is 10.1. The quantitative estimate of drug-likeness (QED) is 0.586. The highest BCUT2D eigenvalue weighted by molar-refractivity contribution is 7.16. The van der Waals surface area contributed by atoms with Crippen LogP contribution >= 0.6 is 11.3 Å². The summed E-state index contributed by atoms with van der Waals surface area (Å²) in [5, 5.41) is 17.0. The van der Waals surface area contributed by atoms with Crippen molar-refractivity contribution in [1.82, 2.24) is 9.97 Å². The molecule has 3 rings (SSSR count). The summed E-state index contributed by atoms with van der Waals surface area (Å²) in [6.07, 6.45) is 1.52. The lowest BCUT2D eigenvalue weighted by molar-refractivity contribution is -0.384. The Morgan fingerprint density at radius 1 is 1.33 bits per heavy atom. The number of anilines is 1. The highest BCUT2D eigenvalue weighted by Crippen LogP contribution is 2.27. The number of non-ortho nitro benzene ring substituents is 1. The number of aromatic nitrogens is 2. The first-order valence-corrected chi connectivity index (χ1v) is 7.22. The second kappa shape index (κ2) is 5.45. The molecule has 1 N–H and O–H groups in total. The van der Waals surface area contributed by atoms with E-state index in [1.807, 2.05) is 24.4 Å². The Hall–Kier alpha value is -2.54. The van der Waals surface area contributed by atoms with E-state index in [4.69, 9.17) is 0 Å². The number of nitrogens with one attached hydrogen (secondary N) is 1. The van der Waals surface area contributed by atoms with E-state index < -0.39 is 4.92 Å². The molecular formula is C14H12N4O2S. The number of hydrogen-bond donors (Lipinski definition) is 1. The van der Waals surface area contributed by atoms with Crippen LogP contribution < -0.4 is 5.32 Å². The summed E-state index contributed by atoms with van der Waals surface area (Å²) in [4.78, 5) is 19.8. The minimum atomic E-state index is -0.391. The van der Waals surface area contributed by atoms with Crippen LogP contribution in [0.15, 0.2) is 42.0 Å². The summed E-state index contributed by atoms with van der Waals surface area (Å²) < 4.78 is 0. The highest BCUT2D eigenvalue weighted by atomic mass is 32.1. The van der Waals surface area contributed by atoms with E-state index in [1.54, 1.807) is 23.5 Å². The zero-order valence-electron chi connectivity index (χ0n) is 11.2. The third-order valence-electron chi connectivity index (χ3n) is 3.20. The molecule has 106 valence electrons. The minimum Gasteiger partial charge on any atom is -0.363 e. The molecule has 1 aromatic carbocycles. The van der Waals surface area contributed by atoms with E-state index >= 15 is 0 Å². The van der Waals surface area contributed by atoms with Gasteiger partial charge in [-0.15, -0.1) is 11.3 Å². The fraction of sp³-hybridized carbons (Fsp3) is 0.143. The van der Waals surface area contributed by atoms with E-state index in [2.05, 4.69) is 15.3 Å². The number of thiophene rings is 1. The van der Waals surface area contributed by atoms with Gasteiger partial charge in [-0.2, -0.15) is 0 Å². The van der Waals surface area contributed by atoms with Gasteiger partial charge in [0.1, 0.15) is 17.0 Å². The third kappa shape index (κ3) is 2.68. The van der Waals surface area contributed by atoms with Gasteiger partial charge in [0.25, 0.3) is 5.69 Å². The monoisotopic (exact) mass is 300 g/mol. The van der Waals surface area contributed by atoms with Crippen molar-refractivity contribution in [2.75, 3.05) is 5.32 Å². The maximum Gasteiger partial charge on any atom is 0.269 e. The molecule has 0 saturated carbocycles. The van der Waals surface area contributed by atoms with Gasteiger partial charge in [-0.05, 0) is 23.9 Å². The molecule has 1 atom stereocenters. The topological polar surface area (TPSA) is 81.0 Å². The van der Waals surface area contributed by atoms with Crippen LogP contribution in [0, 0.1) is 10.1 Å². The first-order chi connectivity index (χ1) is 10.1. The molecule has 0 amide bonds. The van der Waals surface area contributed by atoms with Crippen molar-refractivity contribution in [1.29, 1.82) is 0 Å². The number of hydrogen-bond acceptors (Lipinski definition) is 6. The molecule has 7 heteroatoms. The summed E-state index contributed by atoms with van der Waals surface area (Å²) in [7, 11) is 0. The zero-order valence-corrected chi connectivity index (χ0v) is 12.0. The molecular weight excluding hydrogens is 288 g/mol. The van der Waals surface area contributed by atoms with E-state index in [0.717, 1.165) is 21.6 Å². The van der Waals surface area contributed by atoms with E-state index in [-0.39, 0.29) is 11.7 Å². The number of nitro groups is 1. The van der Waals surface area contributed by atoms with Crippen molar-refractivity contribution in [3.05, 3.63) is 57.7 Å². The highest BCUT2D eigenvalue weighted by Gasteiger charge is 2.13. The van der Waals surface area contributed by atoms with Crippen molar-refractivity contribution < 1.29 is 4.92 Å². The average Bonchev–Trinajstić information content (AvgIpc) is 2.97. The lowest BCUT2D eigenvalue weighted by Gasteiger charge is -2.15. The van der Waals surface area contributed by atoms with Gasteiger partial charge in [-0.1, -0.05) is 12.1 Å². The Balaban J connectivity index is 1.89. The van der Waals surface area contributed by atoms with Crippen LogP contribution in [0.2, 0.25) is 0 Å². The first kappa shape index (κ1) is 13.4. The Morgan fingerprint density at radius 2 is 2.19 bits per heavy atom. The summed E-state index contributed by atoms with van der Waals surface area (Å²) in [5.41, 5.74) is 0.927. The van der Waals surface area contributed by atoms with Crippen LogP contribution in [0.5, 0.6) is 0 Å². The zero-order chi connectivity index (χ0) is 14.8. The van der Waals surface area contributed by atoms with Crippen LogP contribution in [0.25, 0.3) is 10.2 Å². The third-order valence-corrected chi connectivity index (χ3v) is 4.02. The molecule has 2 heterocycles. The minimum absolute atomic E-state index is 0.0875. The lowest BCUT2D eigenvalue weighted by Crippen LogP contribution is -2.08. The van der Waals surface area contributed by atoms with E-state index in [1.165, 1.54) is 12.4 Å². The first-order valence-electron chi connectivity index (χ1n) is 6.34. The summed E-state index contributed by atoms with van der Waals surface area (Å²) in [5.74, 6) is 0.736. The molecule has 1 unspecified atom stereocenters. The van der Waals surface area contributed by atoms with E-state index in [9.17, 15) is 10.1 Å². The molecule has 21 heavy (non-hydrogen) atoms. The second-order valence-electron chi connectivity index (χ2n) is 4.58. The van der Waals surface area contributed by atoms with E-state index in [0.29, 0.717) is 0 Å². The van der Waals surface area contributed by atoms with Crippen molar-refractivity contribution in [2.45, 2.75) is 13.0 Å². The van der Waals surface area contributed by atoms with Gasteiger partial charge in [-0.25, -0.2) is 9.97 Å². The standard InChI is InChI=1S/C14H12N4O2S/c1-9(10-3-2-4-11(7-10)18(19)20)17-13-12-5-6-21-14(12)16-8-15-13/h2-9H,1H3,(H,15,16,17). The van der Waals surface area contributed by atoms with Gasteiger partial charge in [0.05, 0.1) is 16.4 Å². The van der Waals surface area contributed by atoms with Crippen molar-refractivity contribution in [3.63, 3.8) is 0 Å². The summed E-state index contributed by atoms with van der Waals surface area (Å²) in [6.45, 7) is 1.94. The fourth-order valence-corrected chi connectivity index (χ4v) is 2.83. The van der Waals surface area contributed by atoms with Crippen LogP contribution in [-0.2, 0) is 0 Å². The molecule has 0 radical (unpaired) electrons. The van der Waals surface area contributed by atoms with Crippen LogP contribution in [0.3, 0.4) is 0 Å². The number of fused-ring (bicyclic) bond motifs is 1. The molecule has 2 aromatic heterocycles. The predicted molar refractivity (Wildman–Crippen MR) is 82.5 cm³/mol. The fourth-order valence-electron chi connectivity index (χ4n) is 2.10. The van der Waals surface area contributed by atoms with Gasteiger partial charge in [-0.3, -0.25) is 10.1 Å². The summed E-state index contributed by atoms with van der Waals surface area (Å²) in [6, 6.07) is 8.47. The molecule has 0 aliphatic carbocycles. The largest absolute Gasteiger partial charge is 0.363 e. The van der Waals surface area contributed by atoms with Crippen molar-refractivity contribution in [2.24, 2.45) is 0 Å². The average molecular weight is 300 g/mol. The van der Waals surface area contributed by atoms with Gasteiger partial charge < -0.3 is 5.32 Å². The van der Waals surface area contributed by atoms with Crippen LogP contribution in [0.1, 0.15) is 18.5 Å². The molecule has 0 bridgehead atoms. The van der Waals surface area contributed by atoms with Gasteiger partial charge in [0.2, 0.25) is 0 Å². The Bertz CT molecular complexity index is 802. The molecule has 6 nitrogen and oxygen atoms in total. The number of nitro benzene ring substituents is 1. The second-order valence-corrected chi connectivity index (χ2v) is 5.47. The van der Waals surface area contributed by atoms with Crippen LogP contribution in [0.4, 0.5) is 11.5 Å². The molecule has 3 aromatic rings. The summed E-state index contributed by atoms with van der Waals surface area (Å²) >= 11 is 1.55. The maximum absolute atomic E-state index is 10.8. The maximum atomic E-state index is 10.8. The molecule has 0 fully saturated rings. The molecule has 0 aliphatic heterocycles. The van der Waals surface area contributed by atoms with Gasteiger partial charge in [0.15, 0.2) is 0 Å². The Kier molecular flexibility index (Phi) is 3.49. The predicted octanol–water partition coefficient (Wildman–Crippen LogP) is 3.77. The number of nitrogens with zero attached hydrogens (tertiary/aromatic N) is 3. The van der Waals surface area contributed by atoms with Crippen LogP contribution in [-0.4, -0.2) is 14.9 Å². The number of rotatable bonds is 4. The molecule has 0 aliphatic rings. The Morgan fingerprint density at radius 3 is 3.00 bits per heavy atom.